The third kappa shape index (κ3) is 2.20. The highest BCUT2D eigenvalue weighted by Crippen LogP contribution is 2.55. The van der Waals surface area contributed by atoms with Crippen LogP contribution in [0.2, 0.25) is 0 Å². The lowest BCUT2D eigenvalue weighted by Crippen LogP contribution is -2.66. The molecule has 0 spiro atoms. The second kappa shape index (κ2) is 4.58. The van der Waals surface area contributed by atoms with E-state index in [9.17, 15) is 39.5 Å². The third-order valence-corrected chi connectivity index (χ3v) is 3.05. The van der Waals surface area contributed by atoms with Gasteiger partial charge in [-0.05, 0) is 6.92 Å². The number of hydrazine groups is 1. The Bertz CT molecular complexity index is 428. The number of alkyl halides is 9. The fraction of sp³-hybridized carbons (Fsp3) is 0.750. The maximum Gasteiger partial charge on any atom is 0.460 e. The average molecular weight is 337 g/mol. The SMILES string of the molecule is CC1=C(Cl)[C@@H](C(F)(F)C(F)(F)C(F)(F)C(F)(F)F)NN1. The summed E-state index contributed by atoms with van der Waals surface area (Å²) in [5.74, 6) is -19.4. The van der Waals surface area contributed by atoms with E-state index in [1.807, 2.05) is 5.43 Å². The lowest BCUT2D eigenvalue weighted by atomic mass is 9.97. The van der Waals surface area contributed by atoms with Crippen molar-refractivity contribution in [1.82, 2.24) is 10.9 Å². The summed E-state index contributed by atoms with van der Waals surface area (Å²) in [4.78, 5) is 0. The maximum absolute atomic E-state index is 13.4. The van der Waals surface area contributed by atoms with Gasteiger partial charge in [-0.25, -0.2) is 5.43 Å². The number of hydrogen-bond donors (Lipinski definition) is 2. The van der Waals surface area contributed by atoms with Gasteiger partial charge in [0.15, 0.2) is 0 Å². The van der Waals surface area contributed by atoms with Gasteiger partial charge in [0.25, 0.3) is 0 Å². The Morgan fingerprint density at radius 3 is 1.65 bits per heavy atom. The molecule has 2 nitrogen and oxygen atoms in total. The highest BCUT2D eigenvalue weighted by molar-refractivity contribution is 6.30. The summed E-state index contributed by atoms with van der Waals surface area (Å²) >= 11 is 5.20. The first-order valence-corrected chi connectivity index (χ1v) is 5.13. The minimum Gasteiger partial charge on any atom is -0.324 e. The van der Waals surface area contributed by atoms with Crippen molar-refractivity contribution in [2.75, 3.05) is 0 Å². The van der Waals surface area contributed by atoms with E-state index in [1.54, 1.807) is 0 Å². The van der Waals surface area contributed by atoms with Gasteiger partial charge in [-0.3, -0.25) is 0 Å². The van der Waals surface area contributed by atoms with Crippen LogP contribution < -0.4 is 10.9 Å². The van der Waals surface area contributed by atoms with E-state index in [0.29, 0.717) is 0 Å². The monoisotopic (exact) mass is 336 g/mol. The van der Waals surface area contributed by atoms with Gasteiger partial charge in [0.2, 0.25) is 0 Å². The molecule has 0 aromatic heterocycles. The van der Waals surface area contributed by atoms with Crippen molar-refractivity contribution in [3.63, 3.8) is 0 Å². The molecule has 0 aromatic rings. The van der Waals surface area contributed by atoms with Crippen molar-refractivity contribution in [2.24, 2.45) is 0 Å². The molecule has 0 aromatic carbocycles. The van der Waals surface area contributed by atoms with E-state index >= 15 is 0 Å². The quantitative estimate of drug-likeness (QED) is 0.772. The summed E-state index contributed by atoms with van der Waals surface area (Å²) in [6.07, 6.45) is -6.85. The first-order chi connectivity index (χ1) is 8.68. The summed E-state index contributed by atoms with van der Waals surface area (Å²) in [6.45, 7) is 1.03. The van der Waals surface area contributed by atoms with Crippen LogP contribution in [-0.4, -0.2) is 30.0 Å². The van der Waals surface area contributed by atoms with E-state index in [2.05, 4.69) is 0 Å². The first kappa shape index (κ1) is 17.2. The molecule has 1 heterocycles. The second-order valence-electron chi connectivity index (χ2n) is 3.94. The Morgan fingerprint density at radius 1 is 0.900 bits per heavy atom. The van der Waals surface area contributed by atoms with Gasteiger partial charge in [0.05, 0.1) is 5.03 Å². The molecular weight excluding hydrogens is 331 g/mol. The van der Waals surface area contributed by atoms with Crippen LogP contribution in [0.5, 0.6) is 0 Å². The van der Waals surface area contributed by atoms with Crippen molar-refractivity contribution in [2.45, 2.75) is 36.9 Å². The number of nitrogens with one attached hydrogen (secondary N) is 2. The molecule has 0 saturated heterocycles. The van der Waals surface area contributed by atoms with E-state index in [0.717, 1.165) is 6.92 Å². The zero-order valence-corrected chi connectivity index (χ0v) is 10.1. The molecule has 1 aliphatic rings. The molecule has 2 N–H and O–H groups in total. The molecule has 0 aliphatic carbocycles. The minimum atomic E-state index is -6.93. The van der Waals surface area contributed by atoms with Gasteiger partial charge in [0, 0.05) is 5.70 Å². The summed E-state index contributed by atoms with van der Waals surface area (Å²) in [6, 6.07) is -2.92. The van der Waals surface area contributed by atoms with E-state index in [1.165, 1.54) is 5.43 Å². The van der Waals surface area contributed by atoms with Crippen molar-refractivity contribution < 1.29 is 39.5 Å². The van der Waals surface area contributed by atoms with Gasteiger partial charge >= 0.3 is 23.9 Å². The van der Waals surface area contributed by atoms with Crippen LogP contribution in [0.4, 0.5) is 39.5 Å². The van der Waals surface area contributed by atoms with Crippen LogP contribution in [0.1, 0.15) is 6.92 Å². The summed E-state index contributed by atoms with van der Waals surface area (Å²) in [7, 11) is 0. The Labute approximate surface area is 110 Å². The largest absolute Gasteiger partial charge is 0.460 e. The molecule has 12 heteroatoms. The molecule has 20 heavy (non-hydrogen) atoms. The summed E-state index contributed by atoms with van der Waals surface area (Å²) < 4.78 is 114. The fourth-order valence-electron chi connectivity index (χ4n) is 1.34. The van der Waals surface area contributed by atoms with Gasteiger partial charge in [-0.2, -0.15) is 39.5 Å². The van der Waals surface area contributed by atoms with Gasteiger partial charge < -0.3 is 5.43 Å². The zero-order chi connectivity index (χ0) is 16.1. The Hall–Kier alpha value is -0.840. The van der Waals surface area contributed by atoms with Crippen molar-refractivity contribution in [3.8, 4) is 0 Å². The van der Waals surface area contributed by atoms with Crippen LogP contribution in [0.3, 0.4) is 0 Å². The summed E-state index contributed by atoms with van der Waals surface area (Å²) in [5, 5.41) is -1.02. The molecule has 0 amide bonds. The minimum absolute atomic E-state index is 0.303. The molecule has 0 fully saturated rings. The van der Waals surface area contributed by atoms with E-state index in [-0.39, 0.29) is 5.70 Å². The van der Waals surface area contributed by atoms with Crippen LogP contribution in [0.15, 0.2) is 10.7 Å². The predicted octanol–water partition coefficient (Wildman–Crippen LogP) is 3.40. The lowest BCUT2D eigenvalue weighted by Gasteiger charge is -2.36. The van der Waals surface area contributed by atoms with Crippen LogP contribution >= 0.6 is 11.6 Å². The number of rotatable bonds is 3. The molecule has 0 bridgehead atoms. The van der Waals surface area contributed by atoms with Crippen molar-refractivity contribution in [1.29, 1.82) is 0 Å². The lowest BCUT2D eigenvalue weighted by molar-refractivity contribution is -0.397. The Morgan fingerprint density at radius 2 is 1.35 bits per heavy atom. The highest BCUT2D eigenvalue weighted by atomic mass is 35.5. The van der Waals surface area contributed by atoms with Gasteiger partial charge in [-0.1, -0.05) is 11.6 Å². The van der Waals surface area contributed by atoms with Gasteiger partial charge in [0.1, 0.15) is 6.04 Å². The first-order valence-electron chi connectivity index (χ1n) is 4.76. The topological polar surface area (TPSA) is 24.1 Å². The van der Waals surface area contributed by atoms with E-state index < -0.39 is 35.0 Å². The number of allylic oxidation sites excluding steroid dienone is 1. The van der Waals surface area contributed by atoms with Crippen molar-refractivity contribution >= 4 is 11.6 Å². The Balaban J connectivity index is 3.27. The summed E-state index contributed by atoms with van der Waals surface area (Å²) in [5.41, 5.74) is 2.98. The zero-order valence-electron chi connectivity index (χ0n) is 9.36. The average Bonchev–Trinajstić information content (AvgIpc) is 2.57. The molecule has 1 atom stereocenters. The molecule has 0 saturated carbocycles. The molecule has 0 radical (unpaired) electrons. The number of hydrogen-bond acceptors (Lipinski definition) is 2. The molecule has 1 aliphatic heterocycles. The standard InChI is InChI=1S/C8H6ClF9N2/c1-2-3(9)4(20-19-2)5(10,11)6(12,13)7(14,15)8(16,17)18/h4,19-20H,1H3/t4-/m0/s1. The second-order valence-corrected chi connectivity index (χ2v) is 4.35. The Kier molecular flexibility index (Phi) is 3.94. The molecular formula is C8H6ClF9N2. The van der Waals surface area contributed by atoms with Crippen molar-refractivity contribution in [3.05, 3.63) is 10.7 Å². The molecule has 0 unspecified atom stereocenters. The van der Waals surface area contributed by atoms with Crippen LogP contribution in [0, 0.1) is 0 Å². The van der Waals surface area contributed by atoms with Crippen LogP contribution in [-0.2, 0) is 0 Å². The smallest absolute Gasteiger partial charge is 0.324 e. The van der Waals surface area contributed by atoms with Crippen LogP contribution in [0.25, 0.3) is 0 Å². The highest BCUT2D eigenvalue weighted by Gasteiger charge is 2.83. The number of halogens is 10. The van der Waals surface area contributed by atoms with E-state index in [4.69, 9.17) is 11.6 Å². The maximum atomic E-state index is 13.4. The fourth-order valence-corrected chi connectivity index (χ4v) is 1.58. The third-order valence-electron chi connectivity index (χ3n) is 2.55. The van der Waals surface area contributed by atoms with Gasteiger partial charge in [-0.15, -0.1) is 0 Å². The molecule has 1 rings (SSSR count). The molecule has 118 valence electrons. The normalized spacial score (nSPS) is 22.2. The predicted molar refractivity (Wildman–Crippen MR) is 49.5 cm³/mol.